The zero-order chi connectivity index (χ0) is 20.2. The maximum atomic E-state index is 13.1. The van der Waals surface area contributed by atoms with E-state index in [1.54, 1.807) is 18.4 Å². The summed E-state index contributed by atoms with van der Waals surface area (Å²) in [5.41, 5.74) is -0.267. The van der Waals surface area contributed by atoms with Crippen molar-refractivity contribution < 1.29 is 23.5 Å². The first-order valence-corrected chi connectivity index (χ1v) is 11.6. The third-order valence-electron chi connectivity index (χ3n) is 7.40. The highest BCUT2D eigenvalue weighted by Gasteiger charge is 2.54. The Hall–Kier alpha value is -1.76. The van der Waals surface area contributed by atoms with Crippen LogP contribution in [0.3, 0.4) is 0 Å². The second-order valence-corrected chi connectivity index (χ2v) is 10.5. The van der Waals surface area contributed by atoms with Gasteiger partial charge in [-0.15, -0.1) is 11.8 Å². The van der Waals surface area contributed by atoms with Crippen molar-refractivity contribution in [2.75, 3.05) is 12.4 Å². The SMILES string of the molecule is CC(=O)N1[C@@H](c2ccco2)SC[C@H]1C(=O)OCC(=O)C12CC3CC(CC(C3)C1)C2. The predicted octanol–water partition coefficient (Wildman–Crippen LogP) is 3.57. The molecule has 6 nitrogen and oxygen atoms in total. The molecule has 0 radical (unpaired) electrons. The van der Waals surface area contributed by atoms with E-state index < -0.39 is 12.0 Å². The number of esters is 1. The fourth-order valence-electron chi connectivity index (χ4n) is 6.56. The number of ketones is 1. The average molecular weight is 418 g/mol. The lowest BCUT2D eigenvalue weighted by molar-refractivity contribution is -0.162. The number of carbonyl (C=O) groups excluding carboxylic acids is 3. The highest BCUT2D eigenvalue weighted by molar-refractivity contribution is 7.99. The van der Waals surface area contributed by atoms with Gasteiger partial charge in [0, 0.05) is 18.1 Å². The summed E-state index contributed by atoms with van der Waals surface area (Å²) >= 11 is 1.48. The molecule has 1 aromatic rings. The third-order valence-corrected chi connectivity index (χ3v) is 8.68. The second kappa shape index (κ2) is 7.18. The van der Waals surface area contributed by atoms with Crippen molar-refractivity contribution in [1.29, 1.82) is 0 Å². The quantitative estimate of drug-likeness (QED) is 0.682. The van der Waals surface area contributed by atoms with Crippen molar-refractivity contribution in [2.45, 2.75) is 56.9 Å². The number of nitrogens with zero attached hydrogens (tertiary/aromatic N) is 1. The second-order valence-electron chi connectivity index (χ2n) is 9.37. The van der Waals surface area contributed by atoms with Gasteiger partial charge in [0.25, 0.3) is 0 Å². The molecule has 0 spiro atoms. The Bertz CT molecular complexity index is 784. The van der Waals surface area contributed by atoms with Crippen LogP contribution in [-0.4, -0.2) is 41.0 Å². The number of thioether (sulfide) groups is 1. The predicted molar refractivity (Wildman–Crippen MR) is 107 cm³/mol. The molecular weight excluding hydrogens is 390 g/mol. The number of carbonyl (C=O) groups is 3. The van der Waals surface area contributed by atoms with E-state index in [0.717, 1.165) is 19.3 Å². The molecule has 1 amide bonds. The molecule has 1 aliphatic heterocycles. The molecule has 4 aliphatic carbocycles. The number of ether oxygens (including phenoxy) is 1. The van der Waals surface area contributed by atoms with Crippen molar-refractivity contribution in [1.82, 2.24) is 4.90 Å². The van der Waals surface area contributed by atoms with E-state index in [2.05, 4.69) is 0 Å². The molecule has 1 saturated heterocycles. The van der Waals surface area contributed by atoms with Crippen LogP contribution in [0.15, 0.2) is 22.8 Å². The number of furan rings is 1. The molecule has 0 aromatic carbocycles. The molecule has 0 N–H and O–H groups in total. The summed E-state index contributed by atoms with van der Waals surface area (Å²) in [6.45, 7) is 1.28. The van der Waals surface area contributed by atoms with Gasteiger partial charge in [0.2, 0.25) is 5.91 Å². The molecular formula is C22H27NO5S. The first kappa shape index (κ1) is 19.2. The van der Waals surface area contributed by atoms with Gasteiger partial charge < -0.3 is 14.1 Å². The first-order chi connectivity index (χ1) is 13.9. The summed E-state index contributed by atoms with van der Waals surface area (Å²) in [7, 11) is 0. The Morgan fingerprint density at radius 3 is 2.38 bits per heavy atom. The van der Waals surface area contributed by atoms with Crippen molar-refractivity contribution in [3.63, 3.8) is 0 Å². The molecule has 2 atom stereocenters. The molecule has 6 rings (SSSR count). The summed E-state index contributed by atoms with van der Waals surface area (Å²) in [5.74, 6) is 2.51. The molecule has 2 heterocycles. The number of hydrogen-bond acceptors (Lipinski definition) is 6. The average Bonchev–Trinajstić information content (AvgIpc) is 3.33. The van der Waals surface area contributed by atoms with Gasteiger partial charge in [-0.05, 0) is 68.4 Å². The topological polar surface area (TPSA) is 76.8 Å². The monoisotopic (exact) mass is 417 g/mol. The molecule has 7 heteroatoms. The first-order valence-electron chi connectivity index (χ1n) is 10.6. The van der Waals surface area contributed by atoms with Crippen LogP contribution < -0.4 is 0 Å². The summed E-state index contributed by atoms with van der Waals surface area (Å²) in [4.78, 5) is 39.6. The fraction of sp³-hybridized carbons (Fsp3) is 0.682. The summed E-state index contributed by atoms with van der Waals surface area (Å²) in [6, 6.07) is 2.89. The van der Waals surface area contributed by atoms with Crippen LogP contribution in [0.2, 0.25) is 0 Å². The fourth-order valence-corrected chi connectivity index (χ4v) is 7.98. The van der Waals surface area contributed by atoms with Gasteiger partial charge >= 0.3 is 5.97 Å². The minimum absolute atomic E-state index is 0.0903. The van der Waals surface area contributed by atoms with Gasteiger partial charge in [0.15, 0.2) is 12.4 Å². The molecule has 5 aliphatic rings. The normalized spacial score (nSPS) is 37.7. The Kier molecular flexibility index (Phi) is 4.76. The van der Waals surface area contributed by atoms with E-state index in [9.17, 15) is 14.4 Å². The Morgan fingerprint density at radius 1 is 1.17 bits per heavy atom. The van der Waals surface area contributed by atoms with E-state index in [4.69, 9.17) is 9.15 Å². The maximum Gasteiger partial charge on any atom is 0.330 e. The summed E-state index contributed by atoms with van der Waals surface area (Å²) in [6.07, 6.45) is 8.27. The van der Waals surface area contributed by atoms with Gasteiger partial charge in [-0.3, -0.25) is 9.59 Å². The van der Waals surface area contributed by atoms with E-state index in [-0.39, 0.29) is 29.1 Å². The Morgan fingerprint density at radius 2 is 1.83 bits per heavy atom. The molecule has 156 valence electrons. The van der Waals surface area contributed by atoms with Crippen molar-refractivity contribution >= 4 is 29.4 Å². The summed E-state index contributed by atoms with van der Waals surface area (Å²) in [5, 5.41) is -0.334. The number of hydrogen-bond donors (Lipinski definition) is 0. The van der Waals surface area contributed by atoms with Crippen LogP contribution in [0.5, 0.6) is 0 Å². The zero-order valence-electron chi connectivity index (χ0n) is 16.7. The molecule has 5 fully saturated rings. The zero-order valence-corrected chi connectivity index (χ0v) is 17.5. The van der Waals surface area contributed by atoms with Crippen LogP contribution in [0.4, 0.5) is 0 Å². The van der Waals surface area contributed by atoms with Gasteiger partial charge in [-0.1, -0.05) is 0 Å². The number of amides is 1. The molecule has 4 bridgehead atoms. The molecule has 4 saturated carbocycles. The van der Waals surface area contributed by atoms with Crippen molar-refractivity contribution in [3.05, 3.63) is 24.2 Å². The van der Waals surface area contributed by atoms with Crippen LogP contribution in [0.1, 0.15) is 56.6 Å². The summed E-state index contributed by atoms with van der Waals surface area (Å²) < 4.78 is 10.9. The maximum absolute atomic E-state index is 13.1. The van der Waals surface area contributed by atoms with Crippen LogP contribution >= 0.6 is 11.8 Å². The standard InChI is InChI=1S/C22H27NO5S/c1-13(24)23-17(12-29-20(23)18-3-2-4-27-18)21(26)28-11-19(25)22-8-14-5-15(9-22)7-16(6-14)10-22/h2-4,14-17,20H,5-12H2,1H3/t14?,15?,16?,17-,20+,22?/m0/s1. The molecule has 0 unspecified atom stereocenters. The van der Waals surface area contributed by atoms with E-state index in [1.807, 2.05) is 0 Å². The largest absolute Gasteiger partial charge is 0.466 e. The van der Waals surface area contributed by atoms with Gasteiger partial charge in [-0.2, -0.15) is 0 Å². The minimum atomic E-state index is -0.684. The Labute approximate surface area is 174 Å². The van der Waals surface area contributed by atoms with E-state index >= 15 is 0 Å². The van der Waals surface area contributed by atoms with Gasteiger partial charge in [-0.25, -0.2) is 4.79 Å². The lowest BCUT2D eigenvalue weighted by Gasteiger charge is -2.55. The molecule has 29 heavy (non-hydrogen) atoms. The van der Waals surface area contributed by atoms with Crippen LogP contribution in [0.25, 0.3) is 0 Å². The van der Waals surface area contributed by atoms with Crippen LogP contribution in [-0.2, 0) is 19.1 Å². The van der Waals surface area contributed by atoms with Crippen molar-refractivity contribution in [2.24, 2.45) is 23.2 Å². The molecule has 1 aromatic heterocycles. The van der Waals surface area contributed by atoms with Gasteiger partial charge in [0.05, 0.1) is 6.26 Å². The van der Waals surface area contributed by atoms with Crippen LogP contribution in [0, 0.1) is 23.2 Å². The minimum Gasteiger partial charge on any atom is -0.466 e. The number of Topliss-reactive ketones (excluding diaryl/α,β-unsaturated/α-hetero) is 1. The lowest BCUT2D eigenvalue weighted by Crippen LogP contribution is -2.51. The van der Waals surface area contributed by atoms with E-state index in [0.29, 0.717) is 29.3 Å². The number of rotatable bonds is 5. The van der Waals surface area contributed by atoms with Gasteiger partial charge in [0.1, 0.15) is 17.2 Å². The highest BCUT2D eigenvalue weighted by Crippen LogP contribution is 2.60. The van der Waals surface area contributed by atoms with E-state index in [1.165, 1.54) is 42.8 Å². The third kappa shape index (κ3) is 3.31. The Balaban J connectivity index is 1.24. The smallest absolute Gasteiger partial charge is 0.330 e. The highest BCUT2D eigenvalue weighted by atomic mass is 32.2. The lowest BCUT2D eigenvalue weighted by atomic mass is 9.48. The van der Waals surface area contributed by atoms with Crippen molar-refractivity contribution in [3.8, 4) is 0 Å².